The second-order valence-electron chi connectivity index (χ2n) is 8.59. The Morgan fingerprint density at radius 2 is 1.03 bits per heavy atom. The van der Waals surface area contributed by atoms with Crippen molar-refractivity contribution in [3.8, 4) is 11.5 Å². The van der Waals surface area contributed by atoms with Crippen LogP contribution in [0.1, 0.15) is 36.1 Å². The average molecular weight is 503 g/mol. The Morgan fingerprint density at radius 3 is 1.43 bits per heavy atom. The zero-order valence-electron chi connectivity index (χ0n) is 19.3. The van der Waals surface area contributed by atoms with E-state index in [1.807, 2.05) is 60.7 Å². The number of rotatable bonds is 6. The summed E-state index contributed by atoms with van der Waals surface area (Å²) in [5.41, 5.74) is 3.81. The molecule has 0 amide bonds. The van der Waals surface area contributed by atoms with Crippen molar-refractivity contribution in [1.29, 1.82) is 0 Å². The molecule has 0 aliphatic heterocycles. The van der Waals surface area contributed by atoms with Crippen molar-refractivity contribution in [2.75, 3.05) is 0 Å². The second-order valence-corrected chi connectivity index (χ2v) is 9.41. The Labute approximate surface area is 214 Å². The maximum Gasteiger partial charge on any atom is 0.141 e. The Bertz CT molecular complexity index is 1320. The van der Waals surface area contributed by atoms with Crippen LogP contribution < -0.4 is 0 Å². The third-order valence-electron chi connectivity index (χ3n) is 5.89. The number of aliphatic imine (C=N–C) groups is 2. The predicted octanol–water partition coefficient (Wildman–Crippen LogP) is 8.23. The number of phenolic OH excluding ortho intramolecular Hbond substituents is 2. The summed E-state index contributed by atoms with van der Waals surface area (Å²) < 4.78 is 0. The molecule has 4 aromatic carbocycles. The fourth-order valence-electron chi connectivity index (χ4n) is 3.64. The molecule has 0 bridgehead atoms. The van der Waals surface area contributed by atoms with Gasteiger partial charge in [-0.1, -0.05) is 85.6 Å². The van der Waals surface area contributed by atoms with Gasteiger partial charge >= 0.3 is 0 Å². The molecule has 0 aromatic heterocycles. The van der Waals surface area contributed by atoms with Crippen LogP contribution in [0.2, 0.25) is 10.0 Å². The Hall–Kier alpha value is -3.60. The summed E-state index contributed by atoms with van der Waals surface area (Å²) in [6, 6.07) is 25.5. The van der Waals surface area contributed by atoms with Gasteiger partial charge in [-0.2, -0.15) is 0 Å². The van der Waals surface area contributed by atoms with E-state index in [-0.39, 0.29) is 11.5 Å². The lowest BCUT2D eigenvalue weighted by molar-refractivity contribution is 0.475. The summed E-state index contributed by atoms with van der Waals surface area (Å²) in [5.74, 6) is 0.146. The first kappa shape index (κ1) is 24.5. The molecule has 4 nitrogen and oxygen atoms in total. The SMILES string of the molecule is CC(C)(c1ccc(O)c(N=Cc2ccccc2Cl)c1)c1ccc(O)c(N=Cc2ccccc2Cl)c1. The van der Waals surface area contributed by atoms with Gasteiger partial charge in [0.1, 0.15) is 22.9 Å². The zero-order chi connectivity index (χ0) is 25.0. The standard InChI is InChI=1S/C29H24Cl2N2O2/c1-29(2,21-11-13-27(34)25(15-21)32-17-19-7-3-5-9-23(19)30)22-12-14-28(35)26(16-22)33-18-20-8-4-6-10-24(20)31/h3-18,34-35H,1-2H3. The molecule has 0 radical (unpaired) electrons. The average Bonchev–Trinajstić information content (AvgIpc) is 2.84. The van der Waals surface area contributed by atoms with E-state index in [1.54, 1.807) is 36.7 Å². The summed E-state index contributed by atoms with van der Waals surface area (Å²) in [6.07, 6.45) is 3.27. The monoisotopic (exact) mass is 502 g/mol. The van der Waals surface area contributed by atoms with Crippen LogP contribution in [-0.4, -0.2) is 22.6 Å². The Kier molecular flexibility index (Phi) is 7.25. The fourth-order valence-corrected chi connectivity index (χ4v) is 4.00. The molecule has 0 unspecified atom stereocenters. The van der Waals surface area contributed by atoms with E-state index in [1.165, 1.54) is 0 Å². The second kappa shape index (κ2) is 10.3. The third kappa shape index (κ3) is 5.56. The lowest BCUT2D eigenvalue weighted by Gasteiger charge is -2.27. The van der Waals surface area contributed by atoms with Crippen LogP contribution in [-0.2, 0) is 5.41 Å². The van der Waals surface area contributed by atoms with E-state index >= 15 is 0 Å². The van der Waals surface area contributed by atoms with Crippen molar-refractivity contribution < 1.29 is 10.2 Å². The molecule has 35 heavy (non-hydrogen) atoms. The lowest BCUT2D eigenvalue weighted by Crippen LogP contribution is -2.18. The lowest BCUT2D eigenvalue weighted by atomic mass is 9.77. The van der Waals surface area contributed by atoms with Crippen molar-refractivity contribution >= 4 is 47.0 Å². The first-order chi connectivity index (χ1) is 16.8. The largest absolute Gasteiger partial charge is 0.506 e. The number of benzene rings is 4. The van der Waals surface area contributed by atoms with Crippen molar-refractivity contribution in [3.63, 3.8) is 0 Å². The van der Waals surface area contributed by atoms with Crippen LogP contribution in [0.25, 0.3) is 0 Å². The number of nitrogens with zero attached hydrogens (tertiary/aromatic N) is 2. The summed E-state index contributed by atoms with van der Waals surface area (Å²) in [4.78, 5) is 8.94. The number of aromatic hydroxyl groups is 2. The van der Waals surface area contributed by atoms with Gasteiger partial charge in [0.05, 0.1) is 0 Å². The van der Waals surface area contributed by atoms with Crippen molar-refractivity contribution in [2.24, 2.45) is 9.98 Å². The minimum Gasteiger partial charge on any atom is -0.506 e. The van der Waals surface area contributed by atoms with Gasteiger partial charge < -0.3 is 10.2 Å². The highest BCUT2D eigenvalue weighted by atomic mass is 35.5. The zero-order valence-corrected chi connectivity index (χ0v) is 20.8. The molecule has 0 spiro atoms. The molecule has 0 atom stereocenters. The van der Waals surface area contributed by atoms with Crippen LogP contribution in [0.4, 0.5) is 11.4 Å². The van der Waals surface area contributed by atoms with Crippen LogP contribution in [0.3, 0.4) is 0 Å². The highest BCUT2D eigenvalue weighted by Gasteiger charge is 2.25. The maximum absolute atomic E-state index is 10.4. The van der Waals surface area contributed by atoms with Gasteiger partial charge in [-0.05, 0) is 47.5 Å². The number of hydrogen-bond acceptors (Lipinski definition) is 4. The van der Waals surface area contributed by atoms with E-state index in [2.05, 4.69) is 23.8 Å². The van der Waals surface area contributed by atoms with Crippen LogP contribution in [0.15, 0.2) is 94.9 Å². The molecule has 176 valence electrons. The minimum atomic E-state index is -0.468. The summed E-state index contributed by atoms with van der Waals surface area (Å²) in [7, 11) is 0. The smallest absolute Gasteiger partial charge is 0.141 e. The van der Waals surface area contributed by atoms with Crippen LogP contribution in [0, 0.1) is 0 Å². The van der Waals surface area contributed by atoms with Gasteiger partial charge in [0.25, 0.3) is 0 Å². The van der Waals surface area contributed by atoms with Crippen molar-refractivity contribution in [2.45, 2.75) is 19.3 Å². The topological polar surface area (TPSA) is 65.2 Å². The van der Waals surface area contributed by atoms with Crippen LogP contribution in [0.5, 0.6) is 11.5 Å². The van der Waals surface area contributed by atoms with E-state index in [9.17, 15) is 10.2 Å². The fraction of sp³-hybridized carbons (Fsp3) is 0.103. The first-order valence-corrected chi connectivity index (χ1v) is 11.8. The molecule has 2 N–H and O–H groups in total. The molecular formula is C29H24Cl2N2O2. The number of halogens is 2. The van der Waals surface area contributed by atoms with Crippen molar-refractivity contribution in [1.82, 2.24) is 0 Å². The normalized spacial score (nSPS) is 12.0. The van der Waals surface area contributed by atoms with E-state index in [0.29, 0.717) is 21.4 Å². The minimum absolute atomic E-state index is 0.0728. The molecule has 0 saturated heterocycles. The van der Waals surface area contributed by atoms with E-state index < -0.39 is 5.41 Å². The Morgan fingerprint density at radius 1 is 0.629 bits per heavy atom. The van der Waals surface area contributed by atoms with Gasteiger partial charge in [0.2, 0.25) is 0 Å². The van der Waals surface area contributed by atoms with E-state index in [4.69, 9.17) is 23.2 Å². The molecule has 0 heterocycles. The van der Waals surface area contributed by atoms with Gasteiger partial charge in [-0.25, -0.2) is 0 Å². The molecule has 6 heteroatoms. The molecule has 0 aliphatic rings. The summed E-state index contributed by atoms with van der Waals surface area (Å²) in [5, 5.41) is 21.9. The summed E-state index contributed by atoms with van der Waals surface area (Å²) >= 11 is 12.4. The highest BCUT2D eigenvalue weighted by Crippen LogP contribution is 2.39. The number of hydrogen-bond donors (Lipinski definition) is 2. The molecule has 4 rings (SSSR count). The molecule has 0 saturated carbocycles. The summed E-state index contributed by atoms with van der Waals surface area (Å²) in [6.45, 7) is 4.13. The molecular weight excluding hydrogens is 479 g/mol. The first-order valence-electron chi connectivity index (χ1n) is 11.0. The predicted molar refractivity (Wildman–Crippen MR) is 146 cm³/mol. The highest BCUT2D eigenvalue weighted by molar-refractivity contribution is 6.33. The molecule has 0 fully saturated rings. The Balaban J connectivity index is 1.67. The van der Waals surface area contributed by atoms with Crippen molar-refractivity contribution in [3.05, 3.63) is 117 Å². The van der Waals surface area contributed by atoms with Gasteiger partial charge in [-0.15, -0.1) is 0 Å². The molecule has 0 aliphatic carbocycles. The third-order valence-corrected chi connectivity index (χ3v) is 6.58. The number of phenols is 2. The van der Waals surface area contributed by atoms with E-state index in [0.717, 1.165) is 22.3 Å². The quantitative estimate of drug-likeness (QED) is 0.260. The molecule has 4 aromatic rings. The van der Waals surface area contributed by atoms with Gasteiger partial charge in [-0.3, -0.25) is 9.98 Å². The van der Waals surface area contributed by atoms with Crippen LogP contribution >= 0.6 is 23.2 Å². The van der Waals surface area contributed by atoms with Gasteiger partial charge in [0, 0.05) is 39.0 Å². The van der Waals surface area contributed by atoms with Gasteiger partial charge in [0.15, 0.2) is 0 Å². The maximum atomic E-state index is 10.4.